The van der Waals surface area contributed by atoms with E-state index in [1.54, 1.807) is 11.0 Å². The highest BCUT2D eigenvalue weighted by Crippen LogP contribution is 2.43. The minimum Gasteiger partial charge on any atom is -0.493 e. The molecular formula is C38H51FN4O5. The van der Waals surface area contributed by atoms with Crippen LogP contribution in [-0.2, 0) is 33.5 Å². The molecule has 1 unspecified atom stereocenters. The van der Waals surface area contributed by atoms with Crippen molar-refractivity contribution in [3.63, 3.8) is 0 Å². The summed E-state index contributed by atoms with van der Waals surface area (Å²) in [5, 5.41) is 10.00. The fourth-order valence-electron chi connectivity index (χ4n) is 7.28. The minimum atomic E-state index is -0.722. The smallest absolute Gasteiger partial charge is 0.416 e. The van der Waals surface area contributed by atoms with Gasteiger partial charge in [0.15, 0.2) is 0 Å². The van der Waals surface area contributed by atoms with Crippen LogP contribution in [-0.4, -0.2) is 67.4 Å². The summed E-state index contributed by atoms with van der Waals surface area (Å²) < 4.78 is 32.5. The Bertz CT molecular complexity index is 1540. The molecule has 260 valence electrons. The summed E-state index contributed by atoms with van der Waals surface area (Å²) in [6.07, 6.45) is 7.39. The van der Waals surface area contributed by atoms with Gasteiger partial charge in [0.2, 0.25) is 0 Å². The first-order chi connectivity index (χ1) is 22.8. The van der Waals surface area contributed by atoms with Crippen LogP contribution in [0, 0.1) is 28.5 Å². The van der Waals surface area contributed by atoms with Crippen LogP contribution in [0.3, 0.4) is 0 Å². The number of halogens is 1. The Labute approximate surface area is 284 Å². The number of piperidine rings is 1. The van der Waals surface area contributed by atoms with E-state index in [2.05, 4.69) is 23.1 Å². The Balaban J connectivity index is 1.14. The van der Waals surface area contributed by atoms with Gasteiger partial charge in [0.05, 0.1) is 25.2 Å². The highest BCUT2D eigenvalue weighted by molar-refractivity contribution is 5.88. The summed E-state index contributed by atoms with van der Waals surface area (Å²) in [4.78, 5) is 35.0. The lowest BCUT2D eigenvalue weighted by molar-refractivity contribution is -0.144. The van der Waals surface area contributed by atoms with E-state index < -0.39 is 23.3 Å². The van der Waals surface area contributed by atoms with Gasteiger partial charge in [0.1, 0.15) is 29.1 Å². The fourth-order valence-corrected chi connectivity index (χ4v) is 7.28. The lowest BCUT2D eigenvalue weighted by Crippen LogP contribution is -2.40. The third kappa shape index (κ3) is 8.28. The number of pyridine rings is 1. The largest absolute Gasteiger partial charge is 0.493 e. The molecule has 1 aromatic carbocycles. The number of likely N-dealkylation sites (tertiary alicyclic amines) is 1. The van der Waals surface area contributed by atoms with E-state index in [0.717, 1.165) is 88.1 Å². The fraction of sp³-hybridized carbons (Fsp3) is 0.632. The highest BCUT2D eigenvalue weighted by Gasteiger charge is 2.39. The number of amides is 1. The summed E-state index contributed by atoms with van der Waals surface area (Å²) in [6.45, 7) is 13.3. The summed E-state index contributed by atoms with van der Waals surface area (Å²) in [5.74, 6) is -0.634. The molecule has 9 nitrogen and oxygen atoms in total. The van der Waals surface area contributed by atoms with Crippen molar-refractivity contribution in [3.05, 3.63) is 52.0 Å². The number of methoxy groups -OCH3 is 1. The van der Waals surface area contributed by atoms with Gasteiger partial charge in [-0.15, -0.1) is 0 Å². The molecule has 1 fully saturated rings. The third-order valence-electron chi connectivity index (χ3n) is 9.75. The molecule has 5 rings (SSSR count). The van der Waals surface area contributed by atoms with E-state index in [1.807, 2.05) is 34.6 Å². The van der Waals surface area contributed by atoms with E-state index in [1.165, 1.54) is 7.11 Å². The number of carbonyl (C=O) groups excluding carboxylic acids is 2. The van der Waals surface area contributed by atoms with E-state index >= 15 is 4.39 Å². The van der Waals surface area contributed by atoms with Crippen molar-refractivity contribution in [3.8, 4) is 11.8 Å². The Morgan fingerprint density at radius 2 is 1.92 bits per heavy atom. The lowest BCUT2D eigenvalue weighted by Gasteiger charge is -2.36. The van der Waals surface area contributed by atoms with Crippen LogP contribution >= 0.6 is 0 Å². The maximum atomic E-state index is 15.7. The lowest BCUT2D eigenvalue weighted by atomic mass is 9.76. The molecule has 48 heavy (non-hydrogen) atoms. The van der Waals surface area contributed by atoms with Crippen LogP contribution in [0.5, 0.6) is 5.75 Å². The average molecular weight is 663 g/mol. The van der Waals surface area contributed by atoms with Crippen molar-refractivity contribution in [2.75, 3.05) is 44.8 Å². The molecule has 0 aliphatic carbocycles. The number of carbonyl (C=O) groups is 2. The van der Waals surface area contributed by atoms with Gasteiger partial charge in [-0.1, -0.05) is 26.3 Å². The molecule has 3 aliphatic rings. The normalized spacial score (nSPS) is 18.6. The van der Waals surface area contributed by atoms with Gasteiger partial charge in [-0.2, -0.15) is 5.26 Å². The Morgan fingerprint density at radius 1 is 1.17 bits per heavy atom. The molecule has 3 aliphatic heterocycles. The first kappa shape index (κ1) is 35.6. The molecule has 2 aromatic rings. The van der Waals surface area contributed by atoms with Crippen LogP contribution in [0.15, 0.2) is 18.2 Å². The number of rotatable bonds is 9. The predicted octanol–water partition coefficient (Wildman–Crippen LogP) is 7.12. The summed E-state index contributed by atoms with van der Waals surface area (Å²) in [7, 11) is 1.35. The summed E-state index contributed by atoms with van der Waals surface area (Å²) in [6, 6.07) is 7.95. The number of aromatic nitrogens is 1. The molecule has 1 amide bonds. The Kier molecular flexibility index (Phi) is 11.0. The first-order valence-electron chi connectivity index (χ1n) is 17.5. The maximum Gasteiger partial charge on any atom is 0.416 e. The SMILES string of the molecule is COC(=O)C(c1cc2c(c(F)c1C#N)CC(C)(C)CO2)C1CCN(CCCCCc2ccc3c(n2)N(C(=O)OC(C)(C)C)CCC3)CC1. The molecule has 0 N–H and O–H groups in total. The van der Waals surface area contributed by atoms with Crippen molar-refractivity contribution >= 4 is 17.9 Å². The topological polar surface area (TPSA) is 105 Å². The second kappa shape index (κ2) is 14.8. The number of ether oxygens (including phenoxy) is 3. The van der Waals surface area contributed by atoms with Gasteiger partial charge in [0.25, 0.3) is 0 Å². The molecule has 0 saturated carbocycles. The quantitative estimate of drug-likeness (QED) is 0.207. The minimum absolute atomic E-state index is 0.0615. The predicted molar refractivity (Wildman–Crippen MR) is 182 cm³/mol. The molecule has 0 radical (unpaired) electrons. The molecule has 0 spiro atoms. The van der Waals surface area contributed by atoms with Crippen LogP contribution in [0.1, 0.15) is 107 Å². The molecule has 1 aromatic heterocycles. The van der Waals surface area contributed by atoms with Gasteiger partial charge < -0.3 is 19.1 Å². The maximum absolute atomic E-state index is 15.7. The van der Waals surface area contributed by atoms with Gasteiger partial charge in [-0.25, -0.2) is 14.2 Å². The Hall–Kier alpha value is -3.71. The number of hydrogen-bond donors (Lipinski definition) is 0. The van der Waals surface area contributed by atoms with Crippen molar-refractivity contribution in [2.45, 2.75) is 104 Å². The van der Waals surface area contributed by atoms with E-state index in [4.69, 9.17) is 19.2 Å². The van der Waals surface area contributed by atoms with Crippen molar-refractivity contribution < 1.29 is 28.2 Å². The van der Waals surface area contributed by atoms with E-state index in [9.17, 15) is 14.9 Å². The van der Waals surface area contributed by atoms with Crippen LogP contribution < -0.4 is 9.64 Å². The van der Waals surface area contributed by atoms with Crippen LogP contribution in [0.25, 0.3) is 0 Å². The van der Waals surface area contributed by atoms with Gasteiger partial charge >= 0.3 is 12.1 Å². The zero-order valence-electron chi connectivity index (χ0n) is 29.5. The molecular weight excluding hydrogens is 611 g/mol. The third-order valence-corrected chi connectivity index (χ3v) is 9.75. The van der Waals surface area contributed by atoms with Crippen molar-refractivity contribution in [1.29, 1.82) is 5.26 Å². The standard InChI is InChI=1S/C38H51FN4O5/c1-37(2,3)48-36(45)43-18-10-11-26-13-14-27(41-34(26)43)12-8-7-9-17-42-19-15-25(16-20-42)32(35(44)46-6)28-21-31-29(33(39)30(28)23-40)22-38(4,5)24-47-31/h13-14,21,25,32H,7-12,15-20,22,24H2,1-6H3. The van der Waals surface area contributed by atoms with Crippen LogP contribution in [0.2, 0.25) is 0 Å². The number of esters is 1. The number of nitriles is 1. The zero-order chi connectivity index (χ0) is 34.6. The molecule has 0 bridgehead atoms. The zero-order valence-corrected chi connectivity index (χ0v) is 29.5. The second-order valence-electron chi connectivity index (χ2n) is 15.4. The molecule has 10 heteroatoms. The average Bonchev–Trinajstić information content (AvgIpc) is 3.04. The van der Waals surface area contributed by atoms with E-state index in [0.29, 0.717) is 36.4 Å². The Morgan fingerprint density at radius 3 is 2.60 bits per heavy atom. The number of unbranched alkanes of at least 4 members (excludes halogenated alkanes) is 2. The number of aryl methyl sites for hydroxylation is 2. The highest BCUT2D eigenvalue weighted by atomic mass is 19.1. The van der Waals surface area contributed by atoms with Gasteiger partial charge in [0, 0.05) is 23.2 Å². The number of hydrogen-bond acceptors (Lipinski definition) is 8. The van der Waals surface area contributed by atoms with Gasteiger partial charge in [-0.3, -0.25) is 9.69 Å². The number of anilines is 1. The number of benzene rings is 1. The number of fused-ring (bicyclic) bond motifs is 2. The van der Waals surface area contributed by atoms with E-state index in [-0.39, 0.29) is 23.0 Å². The molecule has 1 atom stereocenters. The molecule has 4 heterocycles. The van der Waals surface area contributed by atoms with Crippen LogP contribution in [0.4, 0.5) is 15.0 Å². The second-order valence-corrected chi connectivity index (χ2v) is 15.4. The number of nitrogens with zero attached hydrogens (tertiary/aromatic N) is 4. The molecule has 1 saturated heterocycles. The van der Waals surface area contributed by atoms with Crippen molar-refractivity contribution in [2.24, 2.45) is 11.3 Å². The summed E-state index contributed by atoms with van der Waals surface area (Å²) in [5.41, 5.74) is 2.01. The van der Waals surface area contributed by atoms with Gasteiger partial charge in [-0.05, 0) is 121 Å². The summed E-state index contributed by atoms with van der Waals surface area (Å²) >= 11 is 0. The van der Waals surface area contributed by atoms with Crippen molar-refractivity contribution in [1.82, 2.24) is 9.88 Å². The monoisotopic (exact) mass is 662 g/mol. The first-order valence-corrected chi connectivity index (χ1v) is 17.5.